The maximum Gasteiger partial charge on any atom is 0.123 e. The van der Waals surface area contributed by atoms with Crippen LogP contribution in [0, 0.1) is 78.7 Å². The molecule has 0 amide bonds. The lowest BCUT2D eigenvalue weighted by molar-refractivity contribution is 0.627. The molecule has 96 heavy (non-hydrogen) atoms. The minimum atomic E-state index is -0.386. The Morgan fingerprint density at radius 2 is 0.448 bits per heavy atom. The summed E-state index contributed by atoms with van der Waals surface area (Å²) >= 11 is 0. The second-order valence-corrected chi connectivity index (χ2v) is 25.1. The van der Waals surface area contributed by atoms with Gasteiger partial charge in [-0.15, -0.1) is 0 Å². The van der Waals surface area contributed by atoms with Gasteiger partial charge in [0.25, 0.3) is 0 Å². The molecule has 12 aromatic carbocycles. The molecule has 0 aliphatic carbocycles. The number of hydrogen-bond acceptors (Lipinski definition) is 8. The average Bonchev–Trinajstić information content (AvgIpc) is 0.697. The molecule has 8 nitrogen and oxygen atoms in total. The Labute approximate surface area is 552 Å². The Hall–Kier alpha value is -11.8. The minimum absolute atomic E-state index is 0.386. The molecule has 0 saturated heterocycles. The van der Waals surface area contributed by atoms with Crippen molar-refractivity contribution in [1.82, 2.24) is 19.9 Å². The Balaban J connectivity index is 1.15. The summed E-state index contributed by atoms with van der Waals surface area (Å²) < 4.78 is 62.7. The highest BCUT2D eigenvalue weighted by Gasteiger charge is 2.33. The van der Waals surface area contributed by atoms with E-state index in [1.807, 2.05) is 72.8 Å². The molecule has 0 fully saturated rings. The Kier molecular flexibility index (Phi) is 14.2. The van der Waals surface area contributed by atoms with Gasteiger partial charge in [0.15, 0.2) is 0 Å². The van der Waals surface area contributed by atoms with E-state index in [1.54, 1.807) is 24.8 Å². The molecule has 0 spiro atoms. The van der Waals surface area contributed by atoms with Gasteiger partial charge in [0.1, 0.15) is 23.3 Å². The highest BCUT2D eigenvalue weighted by atomic mass is 19.1. The van der Waals surface area contributed by atoms with Crippen LogP contribution in [0.2, 0.25) is 0 Å². The molecule has 0 saturated carbocycles. The molecule has 0 aliphatic heterocycles. The summed E-state index contributed by atoms with van der Waals surface area (Å²) in [6, 6.07) is 64.4. The van der Waals surface area contributed by atoms with Crippen LogP contribution in [-0.2, 0) is 0 Å². The molecular weight excluding hydrogens is 1200 g/mol. The van der Waals surface area contributed by atoms with Crippen LogP contribution in [0.25, 0.3) is 75.9 Å². The summed E-state index contributed by atoms with van der Waals surface area (Å²) in [5, 5.41) is 8.98. The van der Waals surface area contributed by atoms with Crippen molar-refractivity contribution in [1.29, 1.82) is 0 Å². The summed E-state index contributed by atoms with van der Waals surface area (Å²) in [6.07, 6.45) is 7.22. The summed E-state index contributed by atoms with van der Waals surface area (Å²) in [5.41, 5.74) is 20.3. The van der Waals surface area contributed by atoms with E-state index in [-0.39, 0.29) is 23.3 Å². The van der Waals surface area contributed by atoms with Crippen molar-refractivity contribution < 1.29 is 17.6 Å². The van der Waals surface area contributed by atoms with E-state index >= 15 is 17.6 Å². The van der Waals surface area contributed by atoms with Crippen molar-refractivity contribution in [3.05, 3.63) is 299 Å². The molecule has 12 heteroatoms. The molecule has 16 aromatic rings. The number of rotatable bonds is 12. The number of benzene rings is 12. The second-order valence-electron chi connectivity index (χ2n) is 25.1. The van der Waals surface area contributed by atoms with Gasteiger partial charge in [0, 0.05) is 101 Å². The lowest BCUT2D eigenvalue weighted by atomic mass is 9.88. The first-order valence-corrected chi connectivity index (χ1v) is 32.0. The highest BCUT2D eigenvalue weighted by Crippen LogP contribution is 2.57. The van der Waals surface area contributed by atoms with Gasteiger partial charge in [-0.2, -0.15) is 0 Å². The van der Waals surface area contributed by atoms with E-state index in [9.17, 15) is 0 Å². The van der Waals surface area contributed by atoms with Crippen LogP contribution in [0.4, 0.5) is 85.8 Å². The molecule has 466 valence electrons. The fourth-order valence-electron chi connectivity index (χ4n) is 15.1. The predicted octanol–water partition coefficient (Wildman–Crippen LogP) is 23.7. The molecule has 0 aliphatic rings. The van der Waals surface area contributed by atoms with Crippen molar-refractivity contribution in [2.24, 2.45) is 0 Å². The zero-order chi connectivity index (χ0) is 65.9. The number of nitrogens with zero attached hydrogens (tertiary/aromatic N) is 8. The summed E-state index contributed by atoms with van der Waals surface area (Å²) in [6.45, 7) is 16.8. The monoisotopic (exact) mass is 1260 g/mol. The number of aryl methyl sites for hydroxylation is 8. The lowest BCUT2D eigenvalue weighted by Gasteiger charge is -2.36. The largest absolute Gasteiger partial charge is 0.309 e. The maximum absolute atomic E-state index is 15.7. The fraction of sp³-hybridized carbons (Fsp3) is 0.0952. The Morgan fingerprint density at radius 1 is 0.240 bits per heavy atom. The van der Waals surface area contributed by atoms with Crippen molar-refractivity contribution in [3.8, 4) is 0 Å². The van der Waals surface area contributed by atoms with Crippen molar-refractivity contribution >= 4 is 144 Å². The first-order chi connectivity index (χ1) is 46.6. The Morgan fingerprint density at radius 3 is 0.656 bits per heavy atom. The molecule has 4 heterocycles. The van der Waals surface area contributed by atoms with Crippen molar-refractivity contribution in [3.63, 3.8) is 0 Å². The first-order valence-electron chi connectivity index (χ1n) is 32.0. The van der Waals surface area contributed by atoms with E-state index in [1.165, 1.54) is 48.5 Å². The van der Waals surface area contributed by atoms with E-state index in [2.05, 4.69) is 160 Å². The van der Waals surface area contributed by atoms with Gasteiger partial charge >= 0.3 is 0 Å². The molecule has 0 unspecified atom stereocenters. The normalized spacial score (nSPS) is 11.8. The molecule has 0 radical (unpaired) electrons. The number of anilines is 12. The zero-order valence-corrected chi connectivity index (χ0v) is 54.0. The van der Waals surface area contributed by atoms with Gasteiger partial charge in [0.05, 0.1) is 67.6 Å². The maximum atomic E-state index is 15.7. The second kappa shape index (κ2) is 23.1. The van der Waals surface area contributed by atoms with Gasteiger partial charge < -0.3 is 19.6 Å². The highest BCUT2D eigenvalue weighted by molar-refractivity contribution is 6.33. The number of fused-ring (bicyclic) bond motifs is 4. The summed E-state index contributed by atoms with van der Waals surface area (Å²) in [4.78, 5) is 28.4. The lowest BCUT2D eigenvalue weighted by Crippen LogP contribution is -2.18. The molecule has 0 N–H and O–H groups in total. The Bertz CT molecular complexity index is 5110. The van der Waals surface area contributed by atoms with Gasteiger partial charge in [-0.1, -0.05) is 48.5 Å². The van der Waals surface area contributed by atoms with Gasteiger partial charge in [0.2, 0.25) is 0 Å². The third-order valence-corrected chi connectivity index (χ3v) is 19.3. The standard InChI is InChI=1S/C84H62F4N8/c1-47-41-71-63(13-9-37-89-71)51(5)81(47)93(59-25-17-55(85)18-26-59)75-45-76(94(60-27-19-56(86)20-28-60)82-48(2)42-72-64(52(82)6)14-10-38-90-72)68-35-36-70-78(96(62-31-23-58(88)24-32-62)84-50(4)44-74-66(54(84)8)16-12-40-92-74)46-77(69-34-33-67(75)79(68)80(69)70)95(61-29-21-57(87)22-30-61)83-49(3)43-73-65(53(83)7)15-11-39-91-73/h9-46H,1-8H3. The predicted molar refractivity (Wildman–Crippen MR) is 388 cm³/mol. The van der Waals surface area contributed by atoms with Crippen LogP contribution in [0.5, 0.6) is 0 Å². The molecular formula is C84H62F4N8. The van der Waals surface area contributed by atoms with Crippen molar-refractivity contribution in [2.75, 3.05) is 19.6 Å². The van der Waals surface area contributed by atoms with Gasteiger partial charge in [-0.25, -0.2) is 17.6 Å². The topological polar surface area (TPSA) is 64.5 Å². The van der Waals surface area contributed by atoms with Gasteiger partial charge in [-0.3, -0.25) is 19.9 Å². The number of aromatic nitrogens is 4. The van der Waals surface area contributed by atoms with Crippen molar-refractivity contribution in [2.45, 2.75) is 55.4 Å². The quantitative estimate of drug-likeness (QED) is 0.0886. The third-order valence-electron chi connectivity index (χ3n) is 19.3. The first kappa shape index (κ1) is 59.3. The summed E-state index contributed by atoms with van der Waals surface area (Å²) in [5.74, 6) is -1.54. The van der Waals surface area contributed by atoms with E-state index < -0.39 is 0 Å². The fourth-order valence-corrected chi connectivity index (χ4v) is 15.1. The summed E-state index contributed by atoms with van der Waals surface area (Å²) in [7, 11) is 0. The van der Waals surface area contributed by atoms with Gasteiger partial charge in [-0.05, 0) is 258 Å². The van der Waals surface area contributed by atoms with Crippen LogP contribution >= 0.6 is 0 Å². The van der Waals surface area contributed by atoms with E-state index in [4.69, 9.17) is 19.9 Å². The zero-order valence-electron chi connectivity index (χ0n) is 54.0. The minimum Gasteiger partial charge on any atom is -0.309 e. The number of halogens is 4. The number of pyridine rings is 4. The van der Waals surface area contributed by atoms with Crippen LogP contribution in [0.15, 0.2) is 231 Å². The molecule has 0 bridgehead atoms. The van der Waals surface area contributed by atoms with Crippen LogP contribution in [0.3, 0.4) is 0 Å². The van der Waals surface area contributed by atoms with E-state index in [0.717, 1.165) is 166 Å². The third kappa shape index (κ3) is 9.56. The molecule has 4 aromatic heterocycles. The molecule has 0 atom stereocenters. The number of hydrogen-bond donors (Lipinski definition) is 0. The smallest absolute Gasteiger partial charge is 0.123 e. The van der Waals surface area contributed by atoms with Crippen LogP contribution in [0.1, 0.15) is 44.5 Å². The van der Waals surface area contributed by atoms with E-state index in [0.29, 0.717) is 22.7 Å². The van der Waals surface area contributed by atoms with Crippen LogP contribution in [-0.4, -0.2) is 19.9 Å². The SMILES string of the molecule is Cc1cc2ncccc2c(C)c1N(c1ccc(F)cc1)c1cc(N(c2ccc(F)cc2)c2c(C)cc3ncccc3c2C)c2ccc3c(N(c4ccc(F)cc4)c4c(C)cc5ncccc5c4C)cc(N(c4ccc(F)cc4)c4c(C)cc5ncccc5c4C)c4ccc1c2c43. The molecule has 16 rings (SSSR count). The van der Waals surface area contributed by atoms with Crippen LogP contribution < -0.4 is 19.6 Å². The average molecular weight is 1260 g/mol.